The molecule has 3 heteroatoms. The molecule has 4 rings (SSSR count). The van der Waals surface area contributed by atoms with Gasteiger partial charge in [0, 0.05) is 32.9 Å². The number of hydrogen-bond acceptors (Lipinski definition) is 1. The maximum absolute atomic E-state index is 12.8. The van der Waals surface area contributed by atoms with E-state index in [0.29, 0.717) is 10.8 Å². The smallest absolute Gasteiger partial charge is 0.197 e. The first-order chi connectivity index (χ1) is 11.2. The molecule has 0 atom stereocenters. The largest absolute Gasteiger partial charge is 0.353 e. The van der Waals surface area contributed by atoms with Crippen LogP contribution in [0.2, 0.25) is 0 Å². The van der Waals surface area contributed by atoms with Gasteiger partial charge in [-0.05, 0) is 31.2 Å². The summed E-state index contributed by atoms with van der Waals surface area (Å²) in [5, 5.41) is 2.49. The van der Waals surface area contributed by atoms with Crippen molar-refractivity contribution in [3.63, 3.8) is 0 Å². The van der Waals surface area contributed by atoms with Crippen molar-refractivity contribution in [2.24, 2.45) is 0 Å². The number of rotatable bonds is 2. The molecule has 0 bridgehead atoms. The first-order valence-corrected chi connectivity index (χ1v) is 7.59. The maximum atomic E-state index is 12.8. The van der Waals surface area contributed by atoms with Gasteiger partial charge in [0.15, 0.2) is 5.43 Å². The Morgan fingerprint density at radius 2 is 1.70 bits per heavy atom. The zero-order valence-corrected chi connectivity index (χ0v) is 12.8. The van der Waals surface area contributed by atoms with Crippen molar-refractivity contribution in [3.05, 3.63) is 70.5 Å². The van der Waals surface area contributed by atoms with E-state index in [-0.39, 0.29) is 5.43 Å². The molecule has 0 aliphatic carbocycles. The maximum Gasteiger partial charge on any atom is 0.197 e. The SMILES string of the molecule is C=Cc1[nH]c2c(ccc3c(=O)c4ccccc4[nH]c32)c1/C=C\C. The minimum absolute atomic E-state index is 0.0542. The van der Waals surface area contributed by atoms with Crippen LogP contribution in [0, 0.1) is 0 Å². The van der Waals surface area contributed by atoms with Gasteiger partial charge in [0.05, 0.1) is 11.0 Å². The van der Waals surface area contributed by atoms with Crippen molar-refractivity contribution in [1.29, 1.82) is 0 Å². The Kier molecular flexibility index (Phi) is 2.95. The van der Waals surface area contributed by atoms with Crippen LogP contribution in [0.5, 0.6) is 0 Å². The van der Waals surface area contributed by atoms with Crippen LogP contribution in [0.3, 0.4) is 0 Å². The molecule has 3 nitrogen and oxygen atoms in total. The van der Waals surface area contributed by atoms with Gasteiger partial charge in [0.2, 0.25) is 0 Å². The third-order valence-electron chi connectivity index (χ3n) is 4.26. The minimum Gasteiger partial charge on any atom is -0.353 e. The average Bonchev–Trinajstić information content (AvgIpc) is 2.94. The molecular weight excluding hydrogens is 284 g/mol. The number of aromatic nitrogens is 2. The molecule has 112 valence electrons. The van der Waals surface area contributed by atoms with Gasteiger partial charge in [-0.25, -0.2) is 0 Å². The Morgan fingerprint density at radius 1 is 0.957 bits per heavy atom. The summed E-state index contributed by atoms with van der Waals surface area (Å²) in [6.45, 7) is 5.87. The minimum atomic E-state index is 0.0542. The fraction of sp³-hybridized carbons (Fsp3) is 0.0500. The molecule has 4 aromatic rings. The number of hydrogen-bond donors (Lipinski definition) is 2. The van der Waals surface area contributed by atoms with E-state index in [9.17, 15) is 4.79 Å². The molecule has 2 aromatic carbocycles. The van der Waals surface area contributed by atoms with Crippen molar-refractivity contribution >= 4 is 44.9 Å². The average molecular weight is 300 g/mol. The molecule has 0 saturated heterocycles. The van der Waals surface area contributed by atoms with E-state index in [2.05, 4.69) is 22.6 Å². The van der Waals surface area contributed by atoms with Crippen molar-refractivity contribution in [2.45, 2.75) is 6.92 Å². The number of fused-ring (bicyclic) bond motifs is 4. The highest BCUT2D eigenvalue weighted by Gasteiger charge is 2.13. The van der Waals surface area contributed by atoms with E-state index in [4.69, 9.17) is 0 Å². The van der Waals surface area contributed by atoms with Crippen LogP contribution >= 0.6 is 0 Å². The van der Waals surface area contributed by atoms with Gasteiger partial charge in [-0.1, -0.05) is 36.9 Å². The molecule has 0 aliphatic rings. The second kappa shape index (κ2) is 4.99. The topological polar surface area (TPSA) is 48.6 Å². The molecule has 0 spiro atoms. The van der Waals surface area contributed by atoms with Crippen molar-refractivity contribution in [3.8, 4) is 0 Å². The normalized spacial score (nSPS) is 11.9. The molecule has 0 aliphatic heterocycles. The number of para-hydroxylation sites is 1. The van der Waals surface area contributed by atoms with Crippen LogP contribution in [0.15, 0.2) is 53.8 Å². The third kappa shape index (κ3) is 1.87. The molecule has 0 saturated carbocycles. The molecule has 23 heavy (non-hydrogen) atoms. The fourth-order valence-electron chi connectivity index (χ4n) is 3.20. The Bertz CT molecular complexity index is 1160. The van der Waals surface area contributed by atoms with Gasteiger partial charge < -0.3 is 9.97 Å². The van der Waals surface area contributed by atoms with Crippen LogP contribution in [-0.2, 0) is 0 Å². The molecule has 0 radical (unpaired) electrons. The van der Waals surface area contributed by atoms with Crippen LogP contribution in [0.25, 0.3) is 44.9 Å². The monoisotopic (exact) mass is 300 g/mol. The van der Waals surface area contributed by atoms with Crippen LogP contribution in [0.4, 0.5) is 0 Å². The Labute approximate surface area is 133 Å². The van der Waals surface area contributed by atoms with Gasteiger partial charge in [-0.2, -0.15) is 0 Å². The van der Waals surface area contributed by atoms with Crippen LogP contribution in [-0.4, -0.2) is 9.97 Å². The highest BCUT2D eigenvalue weighted by Crippen LogP contribution is 2.29. The number of nitrogens with one attached hydrogen (secondary N) is 2. The predicted octanol–water partition coefficient (Wildman–Crippen LogP) is 4.84. The summed E-state index contributed by atoms with van der Waals surface area (Å²) in [4.78, 5) is 19.6. The van der Waals surface area contributed by atoms with E-state index in [1.54, 1.807) is 6.08 Å². The summed E-state index contributed by atoms with van der Waals surface area (Å²) in [7, 11) is 0. The first-order valence-electron chi connectivity index (χ1n) is 7.59. The van der Waals surface area contributed by atoms with Crippen molar-refractivity contribution in [2.75, 3.05) is 0 Å². The van der Waals surface area contributed by atoms with Gasteiger partial charge >= 0.3 is 0 Å². The molecule has 2 aromatic heterocycles. The lowest BCUT2D eigenvalue weighted by Crippen LogP contribution is -2.04. The lowest BCUT2D eigenvalue weighted by atomic mass is 10.1. The molecule has 0 fully saturated rings. The summed E-state index contributed by atoms with van der Waals surface area (Å²) in [5.74, 6) is 0. The van der Waals surface area contributed by atoms with Crippen molar-refractivity contribution in [1.82, 2.24) is 9.97 Å². The first kappa shape index (κ1) is 13.6. The number of allylic oxidation sites excluding steroid dienone is 1. The third-order valence-corrected chi connectivity index (χ3v) is 4.26. The van der Waals surface area contributed by atoms with E-state index < -0.39 is 0 Å². The number of H-pyrrole nitrogens is 2. The van der Waals surface area contributed by atoms with E-state index in [1.807, 2.05) is 49.4 Å². The van der Waals surface area contributed by atoms with Gasteiger partial charge in [0.1, 0.15) is 0 Å². The molecule has 2 heterocycles. The Hall–Kier alpha value is -3.07. The number of benzene rings is 2. The zero-order valence-electron chi connectivity index (χ0n) is 12.8. The molecule has 0 amide bonds. The molecule has 0 unspecified atom stereocenters. The molecular formula is C20H16N2O. The van der Waals surface area contributed by atoms with E-state index >= 15 is 0 Å². The molecule has 2 N–H and O–H groups in total. The summed E-state index contributed by atoms with van der Waals surface area (Å²) in [6.07, 6.45) is 5.87. The zero-order chi connectivity index (χ0) is 16.0. The van der Waals surface area contributed by atoms with Crippen LogP contribution < -0.4 is 5.43 Å². The fourth-order valence-corrected chi connectivity index (χ4v) is 3.20. The van der Waals surface area contributed by atoms with Crippen molar-refractivity contribution < 1.29 is 0 Å². The van der Waals surface area contributed by atoms with E-state index in [0.717, 1.165) is 33.2 Å². The Morgan fingerprint density at radius 3 is 2.48 bits per heavy atom. The van der Waals surface area contributed by atoms with Gasteiger partial charge in [0.25, 0.3) is 0 Å². The van der Waals surface area contributed by atoms with Gasteiger partial charge in [-0.15, -0.1) is 0 Å². The lowest BCUT2D eigenvalue weighted by molar-refractivity contribution is 1.41. The highest BCUT2D eigenvalue weighted by atomic mass is 16.1. The van der Waals surface area contributed by atoms with Crippen LogP contribution in [0.1, 0.15) is 18.2 Å². The second-order valence-corrected chi connectivity index (χ2v) is 5.57. The summed E-state index contributed by atoms with van der Waals surface area (Å²) >= 11 is 0. The Balaban J connectivity index is 2.25. The predicted molar refractivity (Wildman–Crippen MR) is 98.7 cm³/mol. The quantitative estimate of drug-likeness (QED) is 0.511. The van der Waals surface area contributed by atoms with Gasteiger partial charge in [-0.3, -0.25) is 4.79 Å². The standard InChI is InChI=1S/C20H16N2O/c1-3-7-12-13-10-11-15-19(18(13)21-16(12)4-2)22-17-9-6-5-8-14(17)20(15)23/h3-11,21H,2H2,1H3,(H,22,23)/b7-3-. The summed E-state index contributed by atoms with van der Waals surface area (Å²) < 4.78 is 0. The second-order valence-electron chi connectivity index (χ2n) is 5.57. The number of pyridine rings is 1. The lowest BCUT2D eigenvalue weighted by Gasteiger charge is -2.04. The van der Waals surface area contributed by atoms with E-state index in [1.165, 1.54) is 0 Å². The summed E-state index contributed by atoms with van der Waals surface area (Å²) in [5.41, 5.74) is 4.73. The highest BCUT2D eigenvalue weighted by molar-refractivity contribution is 6.10. The summed E-state index contributed by atoms with van der Waals surface area (Å²) in [6, 6.07) is 11.5. The number of aromatic amines is 2.